The number of rotatable bonds is 1. The molecule has 0 aromatic carbocycles. The summed E-state index contributed by atoms with van der Waals surface area (Å²) in [6.45, 7) is 0. The summed E-state index contributed by atoms with van der Waals surface area (Å²) in [7, 11) is 0. The summed E-state index contributed by atoms with van der Waals surface area (Å²) in [5, 5.41) is 10.9. The SMILES string of the molecule is Brc1nnc(-c2ccon2)o1. The summed E-state index contributed by atoms with van der Waals surface area (Å²) in [5.41, 5.74) is 0.531. The van der Waals surface area contributed by atoms with Crippen molar-refractivity contribution in [1.82, 2.24) is 15.4 Å². The van der Waals surface area contributed by atoms with Crippen LogP contribution < -0.4 is 0 Å². The van der Waals surface area contributed by atoms with Gasteiger partial charge in [-0.05, 0) is 0 Å². The number of halogens is 1. The Kier molecular flexibility index (Phi) is 1.46. The molecular weight excluding hydrogens is 214 g/mol. The van der Waals surface area contributed by atoms with Crippen LogP contribution in [0.4, 0.5) is 0 Å². The van der Waals surface area contributed by atoms with Gasteiger partial charge < -0.3 is 8.94 Å². The fraction of sp³-hybridized carbons (Fsp3) is 0. The summed E-state index contributed by atoms with van der Waals surface area (Å²) in [6.07, 6.45) is 1.44. The molecule has 0 bridgehead atoms. The Morgan fingerprint density at radius 2 is 2.27 bits per heavy atom. The lowest BCUT2D eigenvalue weighted by Crippen LogP contribution is -1.75. The van der Waals surface area contributed by atoms with Gasteiger partial charge in [-0.25, -0.2) is 0 Å². The Morgan fingerprint density at radius 1 is 1.36 bits per heavy atom. The van der Waals surface area contributed by atoms with Crippen LogP contribution in [0.25, 0.3) is 11.6 Å². The predicted molar refractivity (Wildman–Crippen MR) is 37.5 cm³/mol. The maximum absolute atomic E-state index is 5.00. The van der Waals surface area contributed by atoms with E-state index in [1.165, 1.54) is 6.26 Å². The number of hydrogen-bond donors (Lipinski definition) is 0. The molecule has 2 heterocycles. The molecule has 11 heavy (non-hydrogen) atoms. The fourth-order valence-electron chi connectivity index (χ4n) is 0.632. The van der Waals surface area contributed by atoms with Crippen molar-refractivity contribution >= 4 is 15.9 Å². The molecule has 0 saturated carbocycles. The minimum atomic E-state index is 0.329. The average Bonchev–Trinajstić information content (AvgIpc) is 2.55. The molecule has 0 atom stereocenters. The minimum absolute atomic E-state index is 0.329. The lowest BCUT2D eigenvalue weighted by molar-refractivity contribution is 0.418. The van der Waals surface area contributed by atoms with Crippen LogP contribution in [0.5, 0.6) is 0 Å². The molecule has 0 saturated heterocycles. The van der Waals surface area contributed by atoms with Crippen molar-refractivity contribution in [2.24, 2.45) is 0 Å². The maximum Gasteiger partial charge on any atom is 0.285 e. The molecule has 5 nitrogen and oxygen atoms in total. The first-order valence-electron chi connectivity index (χ1n) is 2.76. The average molecular weight is 216 g/mol. The first-order valence-corrected chi connectivity index (χ1v) is 3.55. The molecule has 0 fully saturated rings. The molecular formula is C5H2BrN3O2. The van der Waals surface area contributed by atoms with Crippen LogP contribution in [0.2, 0.25) is 0 Å². The fourth-order valence-corrected chi connectivity index (χ4v) is 0.864. The summed E-state index contributed by atoms with van der Waals surface area (Å²) in [6, 6.07) is 1.64. The van der Waals surface area contributed by atoms with E-state index in [-0.39, 0.29) is 0 Å². The highest BCUT2D eigenvalue weighted by Crippen LogP contribution is 2.17. The maximum atomic E-state index is 5.00. The molecule has 0 aliphatic rings. The Hall–Kier alpha value is -1.17. The van der Waals surface area contributed by atoms with Gasteiger partial charge in [0.1, 0.15) is 6.26 Å². The zero-order chi connectivity index (χ0) is 7.68. The van der Waals surface area contributed by atoms with Gasteiger partial charge in [-0.2, -0.15) is 0 Å². The molecule has 2 rings (SSSR count). The van der Waals surface area contributed by atoms with Crippen LogP contribution in [-0.4, -0.2) is 15.4 Å². The van der Waals surface area contributed by atoms with Crippen LogP contribution in [0.15, 0.2) is 26.1 Å². The summed E-state index contributed by atoms with van der Waals surface area (Å²) in [4.78, 5) is 0.329. The summed E-state index contributed by atoms with van der Waals surface area (Å²) < 4.78 is 9.58. The van der Waals surface area contributed by atoms with Crippen LogP contribution in [0, 0.1) is 0 Å². The van der Waals surface area contributed by atoms with Crippen LogP contribution in [0.3, 0.4) is 0 Å². The highest BCUT2D eigenvalue weighted by Gasteiger charge is 2.08. The minimum Gasteiger partial charge on any atom is -0.409 e. The largest absolute Gasteiger partial charge is 0.409 e. The van der Waals surface area contributed by atoms with E-state index in [2.05, 4.69) is 35.8 Å². The molecule has 0 amide bonds. The van der Waals surface area contributed by atoms with Crippen molar-refractivity contribution in [3.8, 4) is 11.6 Å². The highest BCUT2D eigenvalue weighted by molar-refractivity contribution is 9.10. The van der Waals surface area contributed by atoms with Gasteiger partial charge in [0, 0.05) is 22.0 Å². The van der Waals surface area contributed by atoms with Crippen molar-refractivity contribution in [2.45, 2.75) is 0 Å². The molecule has 0 aliphatic carbocycles. The Labute approximate surface area is 69.5 Å². The van der Waals surface area contributed by atoms with E-state index >= 15 is 0 Å². The van der Waals surface area contributed by atoms with Crippen LogP contribution in [-0.2, 0) is 0 Å². The molecule has 0 aliphatic heterocycles. The van der Waals surface area contributed by atoms with E-state index in [0.717, 1.165) is 0 Å². The third kappa shape index (κ3) is 1.16. The first-order chi connectivity index (χ1) is 5.36. The third-order valence-corrected chi connectivity index (χ3v) is 1.38. The number of nitrogens with zero attached hydrogens (tertiary/aromatic N) is 3. The second-order valence-electron chi connectivity index (χ2n) is 1.74. The molecule has 2 aromatic heterocycles. The molecule has 0 N–H and O–H groups in total. The number of aromatic nitrogens is 3. The van der Waals surface area contributed by atoms with Crippen LogP contribution in [0.1, 0.15) is 0 Å². The molecule has 2 aromatic rings. The zero-order valence-electron chi connectivity index (χ0n) is 5.19. The summed E-state index contributed by atoms with van der Waals surface area (Å²) >= 11 is 3.02. The molecule has 0 spiro atoms. The molecule has 6 heteroatoms. The van der Waals surface area contributed by atoms with Gasteiger partial charge in [-0.15, -0.1) is 10.2 Å². The van der Waals surface area contributed by atoms with Gasteiger partial charge >= 0.3 is 0 Å². The second-order valence-corrected chi connectivity index (χ2v) is 2.42. The Balaban J connectivity index is 2.45. The van der Waals surface area contributed by atoms with E-state index in [0.29, 0.717) is 16.4 Å². The highest BCUT2D eigenvalue weighted by atomic mass is 79.9. The monoisotopic (exact) mass is 215 g/mol. The van der Waals surface area contributed by atoms with E-state index in [9.17, 15) is 0 Å². The lowest BCUT2D eigenvalue weighted by Gasteiger charge is -1.79. The van der Waals surface area contributed by atoms with Gasteiger partial charge in [-0.3, -0.25) is 0 Å². The first kappa shape index (κ1) is 6.53. The molecule has 0 radical (unpaired) electrons. The van der Waals surface area contributed by atoms with Crippen molar-refractivity contribution in [3.05, 3.63) is 17.1 Å². The van der Waals surface area contributed by atoms with Crippen LogP contribution >= 0.6 is 15.9 Å². The van der Waals surface area contributed by atoms with E-state index in [1.54, 1.807) is 6.07 Å². The smallest absolute Gasteiger partial charge is 0.285 e. The summed E-state index contributed by atoms with van der Waals surface area (Å²) in [5.74, 6) is 0.339. The number of hydrogen-bond acceptors (Lipinski definition) is 5. The third-order valence-electron chi connectivity index (χ3n) is 1.06. The van der Waals surface area contributed by atoms with Crippen molar-refractivity contribution < 1.29 is 8.94 Å². The van der Waals surface area contributed by atoms with Gasteiger partial charge in [-0.1, -0.05) is 5.16 Å². The van der Waals surface area contributed by atoms with Gasteiger partial charge in [0.05, 0.1) is 0 Å². The quantitative estimate of drug-likeness (QED) is 0.722. The topological polar surface area (TPSA) is 65.0 Å². The van der Waals surface area contributed by atoms with Crippen molar-refractivity contribution in [2.75, 3.05) is 0 Å². The van der Waals surface area contributed by atoms with Crippen molar-refractivity contribution in [3.63, 3.8) is 0 Å². The zero-order valence-corrected chi connectivity index (χ0v) is 6.78. The Bertz CT molecular complexity index is 342. The van der Waals surface area contributed by atoms with E-state index in [4.69, 9.17) is 4.42 Å². The normalized spacial score (nSPS) is 10.3. The molecule has 56 valence electrons. The lowest BCUT2D eigenvalue weighted by atomic mass is 10.4. The standard InChI is InChI=1S/C5H2BrN3O2/c6-5-8-7-4(11-5)3-1-2-10-9-3/h1-2H. The van der Waals surface area contributed by atoms with E-state index in [1.807, 2.05) is 0 Å². The Morgan fingerprint density at radius 3 is 2.82 bits per heavy atom. The molecule has 0 unspecified atom stereocenters. The van der Waals surface area contributed by atoms with Gasteiger partial charge in [0.2, 0.25) is 0 Å². The van der Waals surface area contributed by atoms with Crippen molar-refractivity contribution in [1.29, 1.82) is 0 Å². The van der Waals surface area contributed by atoms with E-state index < -0.39 is 0 Å². The van der Waals surface area contributed by atoms with Gasteiger partial charge in [0.25, 0.3) is 10.7 Å². The van der Waals surface area contributed by atoms with Gasteiger partial charge in [0.15, 0.2) is 5.69 Å². The second kappa shape index (κ2) is 2.46. The predicted octanol–water partition coefficient (Wildman–Crippen LogP) is 1.49.